The summed E-state index contributed by atoms with van der Waals surface area (Å²) in [5, 5.41) is 12.7. The van der Waals surface area contributed by atoms with Gasteiger partial charge >= 0.3 is 0 Å². The molecule has 1 aliphatic heterocycles. The molecule has 1 aliphatic rings. The largest absolute Gasteiger partial charge is 0.394 e. The zero-order valence-corrected chi connectivity index (χ0v) is 10.6. The molecule has 0 aliphatic carbocycles. The Balaban J connectivity index is 1.97. The average molecular weight is 286 g/mol. The van der Waals surface area contributed by atoms with Crippen molar-refractivity contribution in [3.8, 4) is 0 Å². The van der Waals surface area contributed by atoms with Crippen LogP contribution in [-0.2, 0) is 4.74 Å². The summed E-state index contributed by atoms with van der Waals surface area (Å²) in [5.74, 6) is 0. The molecular weight excluding hydrogens is 270 g/mol. The molecule has 1 aromatic carbocycles. The maximum Gasteiger partial charge on any atom is 0.0799 e. The SMILES string of the molecule is OCC(Nc1ccc(Br)cc1)C1CCCO1. The van der Waals surface area contributed by atoms with Crippen molar-refractivity contribution in [2.75, 3.05) is 18.5 Å². The fourth-order valence-corrected chi connectivity index (χ4v) is 2.20. The number of anilines is 1. The zero-order chi connectivity index (χ0) is 11.4. The molecule has 0 radical (unpaired) electrons. The number of aliphatic hydroxyl groups excluding tert-OH is 1. The molecule has 3 nitrogen and oxygen atoms in total. The van der Waals surface area contributed by atoms with E-state index in [0.717, 1.165) is 29.6 Å². The van der Waals surface area contributed by atoms with Crippen LogP contribution in [-0.4, -0.2) is 30.5 Å². The first-order valence-corrected chi connectivity index (χ1v) is 6.33. The van der Waals surface area contributed by atoms with Gasteiger partial charge in [-0.25, -0.2) is 0 Å². The van der Waals surface area contributed by atoms with Crippen molar-refractivity contribution in [1.82, 2.24) is 0 Å². The Bertz CT molecular complexity index is 322. The molecule has 0 saturated carbocycles. The molecule has 16 heavy (non-hydrogen) atoms. The second-order valence-electron chi connectivity index (χ2n) is 3.99. The van der Waals surface area contributed by atoms with Gasteiger partial charge < -0.3 is 15.2 Å². The number of nitrogens with one attached hydrogen (secondary N) is 1. The van der Waals surface area contributed by atoms with Crippen molar-refractivity contribution in [2.45, 2.75) is 25.0 Å². The third kappa shape index (κ3) is 2.97. The molecule has 2 atom stereocenters. The van der Waals surface area contributed by atoms with Crippen LogP contribution in [0.3, 0.4) is 0 Å². The molecule has 2 unspecified atom stereocenters. The Kier molecular flexibility index (Phi) is 4.21. The highest BCUT2D eigenvalue weighted by molar-refractivity contribution is 9.10. The van der Waals surface area contributed by atoms with Gasteiger partial charge in [0.1, 0.15) is 0 Å². The number of hydrogen-bond acceptors (Lipinski definition) is 3. The zero-order valence-electron chi connectivity index (χ0n) is 9.03. The van der Waals surface area contributed by atoms with E-state index in [9.17, 15) is 5.11 Å². The van der Waals surface area contributed by atoms with Gasteiger partial charge in [0, 0.05) is 16.8 Å². The van der Waals surface area contributed by atoms with Crippen molar-refractivity contribution in [2.24, 2.45) is 0 Å². The van der Waals surface area contributed by atoms with E-state index in [-0.39, 0.29) is 18.8 Å². The van der Waals surface area contributed by atoms with Crippen LogP contribution in [0.4, 0.5) is 5.69 Å². The number of hydrogen-bond donors (Lipinski definition) is 2. The fraction of sp³-hybridized carbons (Fsp3) is 0.500. The van der Waals surface area contributed by atoms with Crippen LogP contribution in [0.2, 0.25) is 0 Å². The molecule has 1 aromatic rings. The summed E-state index contributed by atoms with van der Waals surface area (Å²) in [7, 11) is 0. The molecule has 0 aromatic heterocycles. The molecule has 1 heterocycles. The van der Waals surface area contributed by atoms with Crippen molar-refractivity contribution < 1.29 is 9.84 Å². The molecule has 2 N–H and O–H groups in total. The van der Waals surface area contributed by atoms with Gasteiger partial charge in [0.05, 0.1) is 18.8 Å². The molecular formula is C12H16BrNO2. The van der Waals surface area contributed by atoms with E-state index in [1.807, 2.05) is 24.3 Å². The summed E-state index contributed by atoms with van der Waals surface area (Å²) in [5.41, 5.74) is 1.01. The van der Waals surface area contributed by atoms with Crippen LogP contribution in [0.25, 0.3) is 0 Å². The summed E-state index contributed by atoms with van der Waals surface area (Å²) in [6, 6.07) is 7.92. The summed E-state index contributed by atoms with van der Waals surface area (Å²) >= 11 is 3.39. The smallest absolute Gasteiger partial charge is 0.0799 e. The lowest BCUT2D eigenvalue weighted by Gasteiger charge is -2.23. The van der Waals surface area contributed by atoms with Gasteiger partial charge in [-0.15, -0.1) is 0 Å². The quantitative estimate of drug-likeness (QED) is 0.893. The van der Waals surface area contributed by atoms with Gasteiger partial charge in [0.2, 0.25) is 0 Å². The van der Waals surface area contributed by atoms with E-state index < -0.39 is 0 Å². The number of ether oxygens (including phenoxy) is 1. The predicted molar refractivity (Wildman–Crippen MR) is 67.6 cm³/mol. The molecule has 0 bridgehead atoms. The van der Waals surface area contributed by atoms with E-state index in [0.29, 0.717) is 0 Å². The molecule has 88 valence electrons. The Morgan fingerprint density at radius 1 is 1.44 bits per heavy atom. The Hall–Kier alpha value is -0.580. The predicted octanol–water partition coefficient (Wildman–Crippen LogP) is 2.40. The minimum atomic E-state index is -0.0105. The summed E-state index contributed by atoms with van der Waals surface area (Å²) in [6.07, 6.45) is 2.24. The van der Waals surface area contributed by atoms with Crippen LogP contribution >= 0.6 is 15.9 Å². The first-order chi connectivity index (χ1) is 7.79. The second-order valence-corrected chi connectivity index (χ2v) is 4.91. The molecule has 1 saturated heterocycles. The lowest BCUT2D eigenvalue weighted by atomic mass is 10.1. The van der Waals surface area contributed by atoms with Crippen LogP contribution in [0.15, 0.2) is 28.7 Å². The number of benzene rings is 1. The molecule has 0 spiro atoms. The first kappa shape index (κ1) is 11.9. The summed E-state index contributed by atoms with van der Waals surface area (Å²) < 4.78 is 6.62. The van der Waals surface area contributed by atoms with Gasteiger partial charge in [0.15, 0.2) is 0 Å². The van der Waals surface area contributed by atoms with E-state index in [1.54, 1.807) is 0 Å². The number of halogens is 1. The van der Waals surface area contributed by atoms with Gasteiger partial charge in [0.25, 0.3) is 0 Å². The summed E-state index contributed by atoms with van der Waals surface area (Å²) in [4.78, 5) is 0. The minimum Gasteiger partial charge on any atom is -0.394 e. The standard InChI is InChI=1S/C12H16BrNO2/c13-9-3-5-10(6-4-9)14-11(8-15)12-2-1-7-16-12/h3-6,11-12,14-15H,1-2,7-8H2. The maximum atomic E-state index is 9.35. The monoisotopic (exact) mass is 285 g/mol. The molecule has 0 amide bonds. The van der Waals surface area contributed by atoms with Crippen LogP contribution in [0.5, 0.6) is 0 Å². The Morgan fingerprint density at radius 3 is 2.75 bits per heavy atom. The first-order valence-electron chi connectivity index (χ1n) is 5.54. The van der Waals surface area contributed by atoms with E-state index >= 15 is 0 Å². The lowest BCUT2D eigenvalue weighted by Crippen LogP contribution is -2.36. The van der Waals surface area contributed by atoms with Gasteiger partial charge in [-0.3, -0.25) is 0 Å². The minimum absolute atomic E-state index is 0.0105. The fourth-order valence-electron chi connectivity index (χ4n) is 1.94. The van der Waals surface area contributed by atoms with Crippen molar-refractivity contribution in [3.63, 3.8) is 0 Å². The van der Waals surface area contributed by atoms with Crippen molar-refractivity contribution >= 4 is 21.6 Å². The second kappa shape index (κ2) is 5.66. The van der Waals surface area contributed by atoms with Gasteiger partial charge in [-0.1, -0.05) is 15.9 Å². The highest BCUT2D eigenvalue weighted by atomic mass is 79.9. The maximum absolute atomic E-state index is 9.35. The average Bonchev–Trinajstić information content (AvgIpc) is 2.82. The highest BCUT2D eigenvalue weighted by Gasteiger charge is 2.25. The normalized spacial score (nSPS) is 22.0. The van der Waals surface area contributed by atoms with Crippen LogP contribution < -0.4 is 5.32 Å². The highest BCUT2D eigenvalue weighted by Crippen LogP contribution is 2.20. The third-order valence-electron chi connectivity index (χ3n) is 2.81. The van der Waals surface area contributed by atoms with E-state index in [4.69, 9.17) is 4.74 Å². The van der Waals surface area contributed by atoms with Crippen molar-refractivity contribution in [3.05, 3.63) is 28.7 Å². The van der Waals surface area contributed by atoms with Crippen molar-refractivity contribution in [1.29, 1.82) is 0 Å². The van der Waals surface area contributed by atoms with Crippen LogP contribution in [0, 0.1) is 0 Å². The lowest BCUT2D eigenvalue weighted by molar-refractivity contribution is 0.0758. The van der Waals surface area contributed by atoms with Gasteiger partial charge in [-0.05, 0) is 37.1 Å². The van der Waals surface area contributed by atoms with E-state index in [2.05, 4.69) is 21.2 Å². The van der Waals surface area contributed by atoms with Crippen LogP contribution in [0.1, 0.15) is 12.8 Å². The Labute approximate surface area is 104 Å². The Morgan fingerprint density at radius 2 is 2.19 bits per heavy atom. The van der Waals surface area contributed by atoms with Gasteiger partial charge in [-0.2, -0.15) is 0 Å². The molecule has 4 heteroatoms. The summed E-state index contributed by atoms with van der Waals surface area (Å²) in [6.45, 7) is 0.907. The van der Waals surface area contributed by atoms with E-state index in [1.165, 1.54) is 0 Å². The third-order valence-corrected chi connectivity index (χ3v) is 3.34. The molecule has 2 rings (SSSR count). The number of rotatable bonds is 4. The molecule has 1 fully saturated rings. The number of aliphatic hydroxyl groups is 1. The topological polar surface area (TPSA) is 41.5 Å².